The van der Waals surface area contributed by atoms with Crippen LogP contribution < -0.4 is 16.0 Å². The van der Waals surface area contributed by atoms with Gasteiger partial charge in [0.15, 0.2) is 0 Å². The molecule has 0 aliphatic heterocycles. The number of alkyl carbamates (subject to hydrolysis) is 1. The number of rotatable bonds is 20. The van der Waals surface area contributed by atoms with Crippen LogP contribution in [0.5, 0.6) is 0 Å². The largest absolute Gasteiger partial charge is 0.462 e. The van der Waals surface area contributed by atoms with Crippen LogP contribution in [0.2, 0.25) is 0 Å². The first-order valence-electron chi connectivity index (χ1n) is 17.9. The number of hydrogen-bond donors (Lipinski definition) is 4. The summed E-state index contributed by atoms with van der Waals surface area (Å²) in [6.07, 6.45) is 3.78. The van der Waals surface area contributed by atoms with Crippen LogP contribution in [0.1, 0.15) is 62.1 Å². The zero-order valence-electron chi connectivity index (χ0n) is 30.1. The second kappa shape index (κ2) is 20.0. The van der Waals surface area contributed by atoms with E-state index in [9.17, 15) is 24.3 Å². The van der Waals surface area contributed by atoms with Crippen molar-refractivity contribution in [3.63, 3.8) is 0 Å². The number of benzene rings is 3. The van der Waals surface area contributed by atoms with Crippen LogP contribution in [-0.4, -0.2) is 66.9 Å². The van der Waals surface area contributed by atoms with Gasteiger partial charge in [-0.3, -0.25) is 9.59 Å². The van der Waals surface area contributed by atoms with Crippen LogP contribution in [-0.2, 0) is 30.3 Å². The normalized spacial score (nSPS) is 14.2. The van der Waals surface area contributed by atoms with Crippen molar-refractivity contribution < 1.29 is 33.8 Å². The zero-order chi connectivity index (χ0) is 37.5. The van der Waals surface area contributed by atoms with E-state index in [4.69, 9.17) is 9.47 Å². The molecule has 1 aliphatic rings. The number of fused-ring (bicyclic) bond motifs is 3. The van der Waals surface area contributed by atoms with Gasteiger partial charge in [-0.05, 0) is 59.4 Å². The topological polar surface area (TPSA) is 143 Å². The number of aliphatic hydroxyl groups excluding tert-OH is 1. The molecule has 0 radical (unpaired) electrons. The highest BCUT2D eigenvalue weighted by Gasteiger charge is 2.31. The third-order valence-electron chi connectivity index (χ3n) is 9.28. The van der Waals surface area contributed by atoms with Crippen LogP contribution in [0.3, 0.4) is 0 Å². The molecule has 4 rings (SSSR count). The Morgan fingerprint density at radius 3 is 2.06 bits per heavy atom. The van der Waals surface area contributed by atoms with Crippen molar-refractivity contribution in [3.8, 4) is 11.1 Å². The average molecular weight is 710 g/mol. The number of ether oxygens (including phenoxy) is 2. The van der Waals surface area contributed by atoms with E-state index >= 15 is 0 Å². The van der Waals surface area contributed by atoms with E-state index < -0.39 is 36.1 Å². The van der Waals surface area contributed by atoms with Crippen molar-refractivity contribution in [2.45, 2.75) is 70.0 Å². The average Bonchev–Trinajstić information content (AvgIpc) is 3.47. The molecule has 10 nitrogen and oxygen atoms in total. The Kier molecular flexibility index (Phi) is 15.2. The lowest BCUT2D eigenvalue weighted by molar-refractivity contribution is -0.148. The van der Waals surface area contributed by atoms with Gasteiger partial charge in [-0.2, -0.15) is 0 Å². The first kappa shape index (κ1) is 39.6. The van der Waals surface area contributed by atoms with Gasteiger partial charge >= 0.3 is 12.1 Å². The summed E-state index contributed by atoms with van der Waals surface area (Å²) in [5.74, 6) is -2.39. The predicted molar refractivity (Wildman–Crippen MR) is 201 cm³/mol. The number of carbonyl (C=O) groups excluding carboxylic acids is 4. The Morgan fingerprint density at radius 1 is 0.827 bits per heavy atom. The highest BCUT2D eigenvalue weighted by atomic mass is 16.6. The Morgan fingerprint density at radius 2 is 1.46 bits per heavy atom. The van der Waals surface area contributed by atoms with Gasteiger partial charge in [0, 0.05) is 12.3 Å². The lowest BCUT2D eigenvalue weighted by Gasteiger charge is -2.26. The van der Waals surface area contributed by atoms with Crippen LogP contribution in [0.25, 0.3) is 11.1 Å². The summed E-state index contributed by atoms with van der Waals surface area (Å²) in [4.78, 5) is 52.7. The maximum Gasteiger partial charge on any atom is 0.407 e. The van der Waals surface area contributed by atoms with Gasteiger partial charge in [-0.25, -0.2) is 9.59 Å². The van der Waals surface area contributed by atoms with Crippen LogP contribution in [0.4, 0.5) is 4.79 Å². The summed E-state index contributed by atoms with van der Waals surface area (Å²) < 4.78 is 11.3. The second-order valence-corrected chi connectivity index (χ2v) is 13.4. The van der Waals surface area contributed by atoms with E-state index in [0.717, 1.165) is 27.8 Å². The molecule has 0 unspecified atom stereocenters. The highest BCUT2D eigenvalue weighted by Crippen LogP contribution is 2.44. The van der Waals surface area contributed by atoms with E-state index in [-0.39, 0.29) is 62.7 Å². The molecule has 4 atom stereocenters. The van der Waals surface area contributed by atoms with E-state index in [0.29, 0.717) is 12.8 Å². The monoisotopic (exact) mass is 709 g/mol. The van der Waals surface area contributed by atoms with Crippen molar-refractivity contribution in [3.05, 3.63) is 121 Å². The fourth-order valence-corrected chi connectivity index (χ4v) is 6.34. The third kappa shape index (κ3) is 11.1. The summed E-state index contributed by atoms with van der Waals surface area (Å²) in [5, 5.41) is 18.3. The van der Waals surface area contributed by atoms with Gasteiger partial charge in [0.1, 0.15) is 19.3 Å². The SMILES string of the molecule is C=CCC[C@H](NC(=O)OCC1c2ccccc2-c2ccccc21)C(=O)OC[C@@H](NC(=O)[C@H](CC=C)CC(=O)N[C@H](CO)Cc1ccccc1)C(C)C. The molecule has 3 amide bonds. The predicted octanol–water partition coefficient (Wildman–Crippen LogP) is 5.85. The molecule has 0 saturated carbocycles. The first-order chi connectivity index (χ1) is 25.1. The fraction of sp³-hybridized carbons (Fsp3) is 0.381. The number of carbonyl (C=O) groups is 4. The van der Waals surface area contributed by atoms with Gasteiger partial charge < -0.3 is 30.5 Å². The van der Waals surface area contributed by atoms with E-state index in [1.165, 1.54) is 0 Å². The van der Waals surface area contributed by atoms with E-state index in [1.54, 1.807) is 12.2 Å². The molecule has 10 heteroatoms. The summed E-state index contributed by atoms with van der Waals surface area (Å²) in [6.45, 7) is 11.0. The lowest BCUT2D eigenvalue weighted by atomic mass is 9.97. The maximum absolute atomic E-state index is 13.4. The van der Waals surface area contributed by atoms with Gasteiger partial charge in [0.05, 0.1) is 24.6 Å². The van der Waals surface area contributed by atoms with Gasteiger partial charge in [-0.15, -0.1) is 13.2 Å². The van der Waals surface area contributed by atoms with E-state index in [2.05, 4.69) is 41.2 Å². The third-order valence-corrected chi connectivity index (χ3v) is 9.28. The van der Waals surface area contributed by atoms with E-state index in [1.807, 2.05) is 80.6 Å². The molecule has 52 heavy (non-hydrogen) atoms. The molecule has 4 N–H and O–H groups in total. The smallest absolute Gasteiger partial charge is 0.407 e. The Bertz CT molecular complexity index is 1630. The minimum atomic E-state index is -0.996. The number of aliphatic hydroxyl groups is 1. The molecule has 0 spiro atoms. The van der Waals surface area contributed by atoms with Gasteiger partial charge in [0.25, 0.3) is 0 Å². The molecule has 0 bridgehead atoms. The molecule has 3 aromatic carbocycles. The van der Waals surface area contributed by atoms with Crippen LogP contribution >= 0.6 is 0 Å². The molecule has 3 aromatic rings. The minimum absolute atomic E-state index is 0.0993. The molecular weight excluding hydrogens is 658 g/mol. The molecule has 1 aliphatic carbocycles. The first-order valence-corrected chi connectivity index (χ1v) is 17.9. The fourth-order valence-electron chi connectivity index (χ4n) is 6.34. The molecule has 0 fully saturated rings. The van der Waals surface area contributed by atoms with Gasteiger partial charge in [0.2, 0.25) is 11.8 Å². The van der Waals surface area contributed by atoms with Crippen molar-refractivity contribution in [1.82, 2.24) is 16.0 Å². The number of esters is 1. The Hall–Kier alpha value is -5.22. The van der Waals surface area contributed by atoms with Crippen LogP contribution in [0, 0.1) is 11.8 Å². The Labute approximate surface area is 306 Å². The highest BCUT2D eigenvalue weighted by molar-refractivity contribution is 5.86. The molecule has 0 saturated heterocycles. The Balaban J connectivity index is 1.31. The van der Waals surface area contributed by atoms with Crippen LogP contribution in [0.15, 0.2) is 104 Å². The number of allylic oxidation sites excluding steroid dienone is 2. The summed E-state index contributed by atoms with van der Waals surface area (Å²) in [6, 6.07) is 23.5. The van der Waals surface area contributed by atoms with Gasteiger partial charge in [-0.1, -0.05) is 105 Å². The lowest BCUT2D eigenvalue weighted by Crippen LogP contribution is -2.48. The second-order valence-electron chi connectivity index (χ2n) is 13.4. The number of amides is 3. The molecular formula is C42H51N3O7. The summed E-state index contributed by atoms with van der Waals surface area (Å²) in [5.41, 5.74) is 5.35. The van der Waals surface area contributed by atoms with Crippen molar-refractivity contribution >= 4 is 23.9 Å². The van der Waals surface area contributed by atoms with Crippen molar-refractivity contribution in [1.29, 1.82) is 0 Å². The number of hydrogen-bond acceptors (Lipinski definition) is 7. The maximum atomic E-state index is 13.4. The quantitative estimate of drug-likeness (QED) is 0.0852. The zero-order valence-corrected chi connectivity index (χ0v) is 30.1. The molecule has 0 aromatic heterocycles. The van der Waals surface area contributed by atoms with Crippen molar-refractivity contribution in [2.24, 2.45) is 11.8 Å². The summed E-state index contributed by atoms with van der Waals surface area (Å²) in [7, 11) is 0. The number of nitrogens with one attached hydrogen (secondary N) is 3. The summed E-state index contributed by atoms with van der Waals surface area (Å²) >= 11 is 0. The molecule has 276 valence electrons. The van der Waals surface area contributed by atoms with Crippen molar-refractivity contribution in [2.75, 3.05) is 19.8 Å². The molecule has 0 heterocycles. The minimum Gasteiger partial charge on any atom is -0.462 e. The standard InChI is InChI=1S/C42H51N3O7/c1-5-7-22-37(45-42(50)52-26-36-34-20-13-11-18-32(34)33-19-12-14-21-35(33)36)41(49)51-27-38(28(3)4)44-40(48)30(15-6-2)24-39(47)43-31(25-46)23-29-16-9-8-10-17-29/h5-6,8-14,16-21,28,30-31,36-38,46H,1-2,7,15,22-27H2,3-4H3,(H,43,47)(H,44,48)(H,45,50)/t30-,31+,37+,38-/m1/s1.